The molecule has 0 radical (unpaired) electrons. The van der Waals surface area contributed by atoms with Crippen molar-refractivity contribution >= 4 is 27.1 Å². The van der Waals surface area contributed by atoms with E-state index < -0.39 is 5.76 Å². The molecule has 3 aromatic heterocycles. The molecule has 0 spiro atoms. The second-order valence-corrected chi connectivity index (χ2v) is 8.96. The summed E-state index contributed by atoms with van der Waals surface area (Å²) in [5.74, 6) is 1.26. The van der Waals surface area contributed by atoms with Gasteiger partial charge in [-0.2, -0.15) is 0 Å². The first-order valence-corrected chi connectivity index (χ1v) is 10.9. The predicted molar refractivity (Wildman–Crippen MR) is 116 cm³/mol. The van der Waals surface area contributed by atoms with Crippen LogP contribution in [0.3, 0.4) is 0 Å². The molecule has 3 heterocycles. The first kappa shape index (κ1) is 19.2. The van der Waals surface area contributed by atoms with Gasteiger partial charge in [0, 0.05) is 16.6 Å². The lowest BCUT2D eigenvalue weighted by atomic mass is 9.83. The van der Waals surface area contributed by atoms with E-state index in [0.717, 1.165) is 33.7 Å². The Labute approximate surface area is 180 Å². The van der Waals surface area contributed by atoms with Crippen LogP contribution in [-0.2, 0) is 6.54 Å². The number of nitrogens with one attached hydrogen (secondary N) is 1. The monoisotopic (exact) mass is 468 g/mol. The van der Waals surface area contributed by atoms with Crippen molar-refractivity contribution in [2.75, 3.05) is 0 Å². The van der Waals surface area contributed by atoms with Crippen molar-refractivity contribution < 1.29 is 4.52 Å². The maximum Gasteiger partial charge on any atom is 0.439 e. The molecule has 9 heteroatoms. The number of rotatable bonds is 4. The molecule has 0 amide bonds. The minimum atomic E-state index is -0.644. The number of hydrogen-bond donors (Lipinski definition) is 1. The molecule has 0 bridgehead atoms. The van der Waals surface area contributed by atoms with Crippen LogP contribution in [-0.4, -0.2) is 29.7 Å². The molecule has 1 aliphatic carbocycles. The molecule has 0 aliphatic heterocycles. The summed E-state index contributed by atoms with van der Waals surface area (Å²) < 4.78 is 7.76. The van der Waals surface area contributed by atoms with Gasteiger partial charge in [-0.1, -0.05) is 53.0 Å². The van der Waals surface area contributed by atoms with Gasteiger partial charge in [-0.05, 0) is 36.8 Å². The Bertz CT molecular complexity index is 1250. The average Bonchev–Trinajstić information content (AvgIpc) is 3.35. The van der Waals surface area contributed by atoms with Gasteiger partial charge in [0.15, 0.2) is 5.65 Å². The number of hydrogen-bond acceptors (Lipinski definition) is 6. The summed E-state index contributed by atoms with van der Waals surface area (Å²) in [6.07, 6.45) is 6.85. The van der Waals surface area contributed by atoms with Crippen molar-refractivity contribution in [1.82, 2.24) is 29.7 Å². The number of imidazole rings is 1. The molecule has 4 aromatic rings. The molecule has 1 fully saturated rings. The van der Waals surface area contributed by atoms with Crippen molar-refractivity contribution in [1.29, 1.82) is 0 Å². The Morgan fingerprint density at radius 2 is 2.07 bits per heavy atom. The predicted octanol–water partition coefficient (Wildman–Crippen LogP) is 4.43. The highest BCUT2D eigenvalue weighted by Gasteiger charge is 2.22. The van der Waals surface area contributed by atoms with Crippen LogP contribution >= 0.6 is 15.9 Å². The van der Waals surface area contributed by atoms with Gasteiger partial charge in [0.05, 0.1) is 6.33 Å². The molecule has 30 heavy (non-hydrogen) atoms. The first-order valence-electron chi connectivity index (χ1n) is 10.1. The zero-order valence-electron chi connectivity index (χ0n) is 16.5. The van der Waals surface area contributed by atoms with Gasteiger partial charge in [0.2, 0.25) is 11.6 Å². The van der Waals surface area contributed by atoms with Gasteiger partial charge in [0.25, 0.3) is 0 Å². The summed E-state index contributed by atoms with van der Waals surface area (Å²) in [6.45, 7) is 3.23. The van der Waals surface area contributed by atoms with Crippen LogP contribution in [0.5, 0.6) is 0 Å². The molecule has 154 valence electrons. The third-order valence-corrected chi connectivity index (χ3v) is 6.31. The van der Waals surface area contributed by atoms with Gasteiger partial charge in [0.1, 0.15) is 11.2 Å². The Hall–Kier alpha value is -2.81. The standard InChI is InChI=1S/C21H21BrN6O2/c1-12-5-7-13(8-6-12)10-28-11-23-18-17(28)16(14-3-2-4-15(22)9-14)24-19(25-18)20-26-21(29)30-27-20/h2-4,9,11-13H,5-8,10H2,1H3,(H,26,27,29)/t12-,13-. The third kappa shape index (κ3) is 3.69. The molecule has 0 unspecified atom stereocenters. The highest BCUT2D eigenvalue weighted by atomic mass is 79.9. The van der Waals surface area contributed by atoms with Crippen molar-refractivity contribution in [2.24, 2.45) is 11.8 Å². The number of halogens is 1. The van der Waals surface area contributed by atoms with Crippen molar-refractivity contribution in [3.63, 3.8) is 0 Å². The van der Waals surface area contributed by atoms with Crippen LogP contribution in [0.2, 0.25) is 0 Å². The van der Waals surface area contributed by atoms with E-state index in [1.54, 1.807) is 0 Å². The van der Waals surface area contributed by atoms with E-state index in [4.69, 9.17) is 4.98 Å². The molecule has 5 rings (SSSR count). The van der Waals surface area contributed by atoms with Gasteiger partial charge in [-0.3, -0.25) is 9.51 Å². The largest absolute Gasteiger partial charge is 0.439 e. The number of fused-ring (bicyclic) bond motifs is 1. The average molecular weight is 469 g/mol. The number of benzene rings is 1. The molecule has 1 saturated carbocycles. The lowest BCUT2D eigenvalue weighted by molar-refractivity contribution is 0.266. The van der Waals surface area contributed by atoms with E-state index in [1.807, 2.05) is 30.6 Å². The topological polar surface area (TPSA) is 102 Å². The Kier molecular flexibility index (Phi) is 4.98. The minimum Gasteiger partial charge on any atom is -0.327 e. The smallest absolute Gasteiger partial charge is 0.327 e. The van der Waals surface area contributed by atoms with Crippen LogP contribution in [0.25, 0.3) is 34.1 Å². The fraction of sp³-hybridized carbons (Fsp3) is 0.381. The Morgan fingerprint density at radius 3 is 2.80 bits per heavy atom. The molecule has 1 aromatic carbocycles. The summed E-state index contributed by atoms with van der Waals surface area (Å²) in [5, 5.41) is 3.74. The normalized spacial score (nSPS) is 19.4. The molecule has 0 atom stereocenters. The molecule has 1 N–H and O–H groups in total. The summed E-state index contributed by atoms with van der Waals surface area (Å²) in [4.78, 5) is 27.8. The van der Waals surface area contributed by atoms with Crippen LogP contribution in [0.1, 0.15) is 32.6 Å². The van der Waals surface area contributed by atoms with Gasteiger partial charge < -0.3 is 4.57 Å². The van der Waals surface area contributed by atoms with Crippen molar-refractivity contribution in [3.05, 3.63) is 45.6 Å². The van der Waals surface area contributed by atoms with Gasteiger partial charge in [-0.15, -0.1) is 0 Å². The maximum absolute atomic E-state index is 11.4. The molecule has 0 saturated heterocycles. The van der Waals surface area contributed by atoms with E-state index in [0.29, 0.717) is 11.6 Å². The number of aromatic amines is 1. The van der Waals surface area contributed by atoms with E-state index in [2.05, 4.69) is 52.1 Å². The van der Waals surface area contributed by atoms with Gasteiger partial charge >= 0.3 is 5.76 Å². The molecule has 1 aliphatic rings. The SMILES string of the molecule is C[C@H]1CC[C@H](Cn2cnc3nc(-c4noc(=O)[nH]4)nc(-c4cccc(Br)c4)c32)CC1. The van der Waals surface area contributed by atoms with Crippen LogP contribution in [0.4, 0.5) is 0 Å². The van der Waals surface area contributed by atoms with Gasteiger partial charge in [-0.25, -0.2) is 19.7 Å². The van der Waals surface area contributed by atoms with E-state index in [1.165, 1.54) is 25.7 Å². The third-order valence-electron chi connectivity index (χ3n) is 5.81. The number of H-pyrrole nitrogens is 1. The maximum atomic E-state index is 11.4. The van der Waals surface area contributed by atoms with E-state index >= 15 is 0 Å². The molecule has 8 nitrogen and oxygen atoms in total. The quantitative estimate of drug-likeness (QED) is 0.475. The number of nitrogens with zero attached hydrogens (tertiary/aromatic N) is 5. The summed E-state index contributed by atoms with van der Waals surface area (Å²) >= 11 is 3.54. The van der Waals surface area contributed by atoms with Crippen LogP contribution < -0.4 is 5.76 Å². The van der Waals surface area contributed by atoms with Crippen molar-refractivity contribution in [3.8, 4) is 22.9 Å². The summed E-state index contributed by atoms with van der Waals surface area (Å²) in [5.41, 5.74) is 3.15. The lowest BCUT2D eigenvalue weighted by Gasteiger charge is -2.26. The zero-order valence-corrected chi connectivity index (χ0v) is 18.1. The van der Waals surface area contributed by atoms with Crippen LogP contribution in [0, 0.1) is 11.8 Å². The Morgan fingerprint density at radius 1 is 1.23 bits per heavy atom. The number of aromatic nitrogens is 6. The van der Waals surface area contributed by atoms with Crippen LogP contribution in [0.15, 0.2) is 44.4 Å². The second-order valence-electron chi connectivity index (χ2n) is 8.04. The highest BCUT2D eigenvalue weighted by Crippen LogP contribution is 2.33. The first-order chi connectivity index (χ1) is 14.6. The zero-order chi connectivity index (χ0) is 20.7. The highest BCUT2D eigenvalue weighted by molar-refractivity contribution is 9.10. The Balaban J connectivity index is 1.64. The lowest BCUT2D eigenvalue weighted by Crippen LogP contribution is -2.17. The fourth-order valence-electron chi connectivity index (χ4n) is 4.18. The second kappa shape index (κ2) is 7.79. The fourth-order valence-corrected chi connectivity index (χ4v) is 4.58. The minimum absolute atomic E-state index is 0.189. The van der Waals surface area contributed by atoms with E-state index in [-0.39, 0.29) is 11.6 Å². The van der Waals surface area contributed by atoms with E-state index in [9.17, 15) is 4.79 Å². The molecular weight excluding hydrogens is 448 g/mol. The van der Waals surface area contributed by atoms with Crippen molar-refractivity contribution in [2.45, 2.75) is 39.2 Å². The summed E-state index contributed by atoms with van der Waals surface area (Å²) in [7, 11) is 0. The summed E-state index contributed by atoms with van der Waals surface area (Å²) in [6, 6.07) is 7.95. The molecular formula is C21H21BrN6O2.